The van der Waals surface area contributed by atoms with E-state index in [1.165, 1.54) is 48.1 Å². The van der Waals surface area contributed by atoms with Gasteiger partial charge in [-0.05, 0) is 61.4 Å². The van der Waals surface area contributed by atoms with E-state index >= 15 is 0 Å². The van der Waals surface area contributed by atoms with Crippen LogP contribution in [0.2, 0.25) is 0 Å². The number of fused-ring (bicyclic) bond motifs is 3. The molecular weight excluding hydrogens is 326 g/mol. The lowest BCUT2D eigenvalue weighted by Crippen LogP contribution is -2.62. The number of hydrogen-bond donors (Lipinski definition) is 0. The van der Waals surface area contributed by atoms with Gasteiger partial charge in [0.2, 0.25) is 0 Å². The molecule has 0 unspecified atom stereocenters. The number of hydrogen-bond acceptors (Lipinski definition) is 1. The summed E-state index contributed by atoms with van der Waals surface area (Å²) in [5.74, 6) is 0. The molecule has 1 nitrogen and oxygen atoms in total. The molecule has 2 saturated heterocycles. The first-order chi connectivity index (χ1) is 13.2. The molecule has 0 aromatic heterocycles. The Kier molecular flexibility index (Phi) is 3.86. The first-order valence-electron chi connectivity index (χ1n) is 10.2. The van der Waals surface area contributed by atoms with Gasteiger partial charge >= 0.3 is 0 Å². The molecule has 3 fully saturated rings. The minimum atomic E-state index is 0.276. The fraction of sp³-hybridized carbons (Fsp3) is 0.308. The van der Waals surface area contributed by atoms with Crippen molar-refractivity contribution in [2.24, 2.45) is 0 Å². The molecule has 2 bridgehead atoms. The molecule has 3 aromatic rings. The predicted molar refractivity (Wildman–Crippen MR) is 114 cm³/mol. The van der Waals surface area contributed by atoms with Crippen LogP contribution in [-0.4, -0.2) is 12.1 Å². The Balaban J connectivity index is 1.54. The number of rotatable bonds is 3. The molecule has 0 radical (unpaired) electrons. The van der Waals surface area contributed by atoms with Crippen molar-refractivity contribution < 1.29 is 0 Å². The minimum absolute atomic E-state index is 0.276. The monoisotopic (exact) mass is 353 g/mol. The van der Waals surface area contributed by atoms with E-state index in [1.807, 2.05) is 0 Å². The third-order valence-electron chi connectivity index (χ3n) is 7.05. The molecular formula is C26H27N. The normalized spacial score (nSPS) is 26.9. The van der Waals surface area contributed by atoms with Crippen molar-refractivity contribution in [3.63, 3.8) is 0 Å². The molecule has 136 valence electrons. The standard InChI is InChI=1S/C26H27N/c1-25-15-17-26(18-16-25,20-27(25)24-13-6-3-7-14-24)23-12-8-11-22(19-23)21-9-4-2-5-10-21/h2-14,19H,15-18,20H2,1H3. The summed E-state index contributed by atoms with van der Waals surface area (Å²) in [5.41, 5.74) is 6.13. The largest absolute Gasteiger partial charge is 0.365 e. The highest BCUT2D eigenvalue weighted by atomic mass is 15.2. The van der Waals surface area contributed by atoms with E-state index in [0.717, 1.165) is 6.54 Å². The van der Waals surface area contributed by atoms with E-state index in [0.29, 0.717) is 5.54 Å². The first kappa shape index (κ1) is 16.6. The third kappa shape index (κ3) is 2.77. The lowest BCUT2D eigenvalue weighted by Gasteiger charge is -2.60. The predicted octanol–water partition coefficient (Wildman–Crippen LogP) is 6.44. The van der Waals surface area contributed by atoms with Gasteiger partial charge in [-0.25, -0.2) is 0 Å². The van der Waals surface area contributed by atoms with Crippen molar-refractivity contribution in [2.45, 2.75) is 43.6 Å². The lowest BCUT2D eigenvalue weighted by atomic mass is 9.59. The molecule has 1 aliphatic carbocycles. The summed E-state index contributed by atoms with van der Waals surface area (Å²) in [4.78, 5) is 2.69. The highest BCUT2D eigenvalue weighted by Gasteiger charge is 2.51. The van der Waals surface area contributed by atoms with Crippen molar-refractivity contribution in [3.05, 3.63) is 90.5 Å². The van der Waals surface area contributed by atoms with Gasteiger partial charge in [-0.1, -0.05) is 72.8 Å². The molecule has 0 atom stereocenters. The maximum atomic E-state index is 2.69. The number of benzene rings is 3. The van der Waals surface area contributed by atoms with E-state index in [1.54, 1.807) is 0 Å². The quantitative estimate of drug-likeness (QED) is 0.523. The summed E-state index contributed by atoms with van der Waals surface area (Å²) in [6.45, 7) is 3.59. The smallest absolute Gasteiger partial charge is 0.0375 e. The van der Waals surface area contributed by atoms with Crippen LogP contribution in [0, 0.1) is 0 Å². The Hall–Kier alpha value is -2.54. The SMILES string of the molecule is CC12CCC(c3cccc(-c4ccccc4)c3)(CC1)CN2c1ccccc1. The van der Waals surface area contributed by atoms with Gasteiger partial charge in [0.25, 0.3) is 0 Å². The number of para-hydroxylation sites is 1. The summed E-state index contributed by atoms with van der Waals surface area (Å²) in [7, 11) is 0. The molecule has 0 amide bonds. The topological polar surface area (TPSA) is 3.24 Å². The number of piperidine rings is 2. The van der Waals surface area contributed by atoms with Crippen LogP contribution >= 0.6 is 0 Å². The van der Waals surface area contributed by atoms with Gasteiger partial charge in [-0.3, -0.25) is 0 Å². The molecule has 2 heterocycles. The van der Waals surface area contributed by atoms with E-state index < -0.39 is 0 Å². The Labute approximate surface area is 162 Å². The van der Waals surface area contributed by atoms with Gasteiger partial charge in [-0.2, -0.15) is 0 Å². The third-order valence-corrected chi connectivity index (χ3v) is 7.05. The van der Waals surface area contributed by atoms with Gasteiger partial charge in [0.15, 0.2) is 0 Å². The zero-order valence-electron chi connectivity index (χ0n) is 16.1. The molecule has 1 heteroatoms. The van der Waals surface area contributed by atoms with Gasteiger partial charge in [0.05, 0.1) is 0 Å². The lowest BCUT2D eigenvalue weighted by molar-refractivity contribution is 0.140. The van der Waals surface area contributed by atoms with E-state index in [2.05, 4.69) is 96.8 Å². The van der Waals surface area contributed by atoms with Crippen LogP contribution in [0.4, 0.5) is 5.69 Å². The van der Waals surface area contributed by atoms with Crippen LogP contribution in [0.3, 0.4) is 0 Å². The molecule has 1 saturated carbocycles. The van der Waals surface area contributed by atoms with E-state index in [9.17, 15) is 0 Å². The van der Waals surface area contributed by atoms with Gasteiger partial charge in [0.1, 0.15) is 0 Å². The highest BCUT2D eigenvalue weighted by molar-refractivity contribution is 5.65. The molecule has 0 N–H and O–H groups in total. The molecule has 3 aromatic carbocycles. The van der Waals surface area contributed by atoms with Gasteiger partial charge < -0.3 is 4.90 Å². The average molecular weight is 354 g/mol. The van der Waals surface area contributed by atoms with Gasteiger partial charge in [-0.15, -0.1) is 0 Å². The maximum Gasteiger partial charge on any atom is 0.0375 e. The average Bonchev–Trinajstić information content (AvgIpc) is 2.75. The van der Waals surface area contributed by atoms with Crippen molar-refractivity contribution in [1.82, 2.24) is 0 Å². The zero-order valence-corrected chi connectivity index (χ0v) is 16.1. The van der Waals surface area contributed by atoms with Crippen molar-refractivity contribution >= 4 is 5.69 Å². The second-order valence-corrected chi connectivity index (χ2v) is 8.65. The van der Waals surface area contributed by atoms with Crippen molar-refractivity contribution in [1.29, 1.82) is 0 Å². The fourth-order valence-corrected chi connectivity index (χ4v) is 5.24. The summed E-state index contributed by atoms with van der Waals surface area (Å²) >= 11 is 0. The van der Waals surface area contributed by atoms with Crippen molar-refractivity contribution in [3.8, 4) is 11.1 Å². The molecule has 3 aliphatic rings. The second kappa shape index (κ2) is 6.27. The Morgan fingerprint density at radius 3 is 2.00 bits per heavy atom. The highest BCUT2D eigenvalue weighted by Crippen LogP contribution is 2.53. The van der Waals surface area contributed by atoms with Crippen molar-refractivity contribution in [2.75, 3.05) is 11.4 Å². The van der Waals surface area contributed by atoms with Crippen LogP contribution in [0.15, 0.2) is 84.9 Å². The number of nitrogens with zero attached hydrogens (tertiary/aromatic N) is 1. The summed E-state index contributed by atoms with van der Waals surface area (Å²) in [6, 6.07) is 31.1. The molecule has 6 rings (SSSR count). The zero-order chi connectivity index (χ0) is 18.3. The second-order valence-electron chi connectivity index (χ2n) is 8.65. The van der Waals surface area contributed by atoms with Crippen LogP contribution in [0.25, 0.3) is 11.1 Å². The summed E-state index contributed by atoms with van der Waals surface area (Å²) in [5, 5.41) is 0. The van der Waals surface area contributed by atoms with Crippen LogP contribution in [-0.2, 0) is 5.41 Å². The Morgan fingerprint density at radius 2 is 1.30 bits per heavy atom. The molecule has 27 heavy (non-hydrogen) atoms. The first-order valence-corrected chi connectivity index (χ1v) is 10.2. The minimum Gasteiger partial charge on any atom is -0.365 e. The molecule has 2 aliphatic heterocycles. The molecule has 0 spiro atoms. The summed E-state index contributed by atoms with van der Waals surface area (Å²) < 4.78 is 0. The van der Waals surface area contributed by atoms with Crippen LogP contribution in [0.1, 0.15) is 38.2 Å². The maximum absolute atomic E-state index is 2.69. The number of anilines is 1. The van der Waals surface area contributed by atoms with E-state index in [4.69, 9.17) is 0 Å². The van der Waals surface area contributed by atoms with Crippen LogP contribution < -0.4 is 4.90 Å². The van der Waals surface area contributed by atoms with E-state index in [-0.39, 0.29) is 5.41 Å². The van der Waals surface area contributed by atoms with Crippen LogP contribution in [0.5, 0.6) is 0 Å². The van der Waals surface area contributed by atoms with Gasteiger partial charge in [0, 0.05) is 23.2 Å². The Morgan fingerprint density at radius 1 is 0.667 bits per heavy atom. The summed E-state index contributed by atoms with van der Waals surface area (Å²) in [6.07, 6.45) is 5.14. The Bertz CT molecular complexity index is 921. The fourth-order valence-electron chi connectivity index (χ4n) is 5.24.